The molecule has 3 aromatic rings. The Kier molecular flexibility index (Phi) is 5.39. The van der Waals surface area contributed by atoms with Gasteiger partial charge >= 0.3 is 5.97 Å². The summed E-state index contributed by atoms with van der Waals surface area (Å²) in [6.45, 7) is 0. The summed E-state index contributed by atoms with van der Waals surface area (Å²) < 4.78 is 10.9. The van der Waals surface area contributed by atoms with Crippen LogP contribution in [-0.2, 0) is 14.3 Å². The number of nitrogens with zero attached hydrogens (tertiary/aromatic N) is 2. The normalized spacial score (nSPS) is 24.6. The monoisotopic (exact) mass is 473 g/mol. The lowest BCUT2D eigenvalue weighted by molar-refractivity contribution is -0.151. The van der Waals surface area contributed by atoms with Gasteiger partial charge in [-0.1, -0.05) is 35.9 Å². The van der Waals surface area contributed by atoms with Crippen molar-refractivity contribution in [1.29, 1.82) is 5.26 Å². The lowest BCUT2D eigenvalue weighted by Crippen LogP contribution is -2.42. The molecule has 1 fully saturated rings. The van der Waals surface area contributed by atoms with E-state index in [2.05, 4.69) is 11.4 Å². The highest BCUT2D eigenvalue weighted by Gasteiger charge is 2.68. The van der Waals surface area contributed by atoms with E-state index in [9.17, 15) is 14.9 Å². The Hall–Kier alpha value is -4.02. The Morgan fingerprint density at radius 3 is 2.59 bits per heavy atom. The summed E-state index contributed by atoms with van der Waals surface area (Å²) in [5.41, 5.74) is 0.424. The number of hydrogen-bond donors (Lipinski definition) is 1. The van der Waals surface area contributed by atoms with Crippen molar-refractivity contribution in [1.82, 2.24) is 4.90 Å². The molecule has 2 aromatic carbocycles. The third-order valence-corrected chi connectivity index (χ3v) is 6.76. The second-order valence-electron chi connectivity index (χ2n) is 8.20. The van der Waals surface area contributed by atoms with Gasteiger partial charge in [-0.2, -0.15) is 5.26 Å². The molecule has 0 spiro atoms. The Balaban J connectivity index is 1.70. The molecule has 0 bridgehead atoms. The summed E-state index contributed by atoms with van der Waals surface area (Å²) in [6.07, 6.45) is 5.10. The highest BCUT2D eigenvalue weighted by Crippen LogP contribution is 2.60. The van der Waals surface area contributed by atoms with Gasteiger partial charge < -0.3 is 19.4 Å². The number of nitriles is 1. The average molecular weight is 474 g/mol. The third-order valence-electron chi connectivity index (χ3n) is 6.51. The molecule has 1 N–H and O–H groups in total. The minimum Gasteiger partial charge on any atom is -0.469 e. The second kappa shape index (κ2) is 8.40. The van der Waals surface area contributed by atoms with Crippen LogP contribution in [-0.4, -0.2) is 29.9 Å². The van der Waals surface area contributed by atoms with Crippen molar-refractivity contribution in [3.63, 3.8) is 0 Å². The first-order valence-electron chi connectivity index (χ1n) is 10.7. The van der Waals surface area contributed by atoms with Crippen molar-refractivity contribution >= 4 is 35.2 Å². The highest BCUT2D eigenvalue weighted by molar-refractivity contribution is 6.30. The van der Waals surface area contributed by atoms with Crippen LogP contribution in [0.15, 0.2) is 77.5 Å². The van der Waals surface area contributed by atoms with Crippen LogP contribution in [0.1, 0.15) is 28.8 Å². The number of hydrogen-bond acceptors (Lipinski definition) is 6. The van der Waals surface area contributed by atoms with E-state index in [0.717, 1.165) is 11.1 Å². The molecule has 0 saturated carbocycles. The van der Waals surface area contributed by atoms with Crippen LogP contribution < -0.4 is 5.32 Å². The van der Waals surface area contributed by atoms with Gasteiger partial charge in [0.2, 0.25) is 5.91 Å². The molecule has 2 aliphatic rings. The molecule has 1 unspecified atom stereocenters. The highest BCUT2D eigenvalue weighted by atomic mass is 35.5. The van der Waals surface area contributed by atoms with Crippen molar-refractivity contribution in [2.24, 2.45) is 5.41 Å². The number of nitrogens with one attached hydrogen (secondary N) is 1. The van der Waals surface area contributed by atoms with Crippen LogP contribution >= 0.6 is 11.6 Å². The third kappa shape index (κ3) is 3.18. The standard InChI is InChI=1S/C26H20ClN3O4/c1-33-25(32)26(15-28)21(20-7-4-14-34-20)22(24(31)29-18-10-8-17(27)9-11-18)30-13-12-16-5-2-3-6-19(16)23(26)30/h2-14,21-23H,1H3,(H,29,31)/t21-,22+,23?,26-/m1/s1. The molecule has 7 nitrogen and oxygen atoms in total. The van der Waals surface area contributed by atoms with E-state index >= 15 is 0 Å². The fraction of sp³-hybridized carbons (Fsp3) is 0.192. The largest absolute Gasteiger partial charge is 0.469 e. The zero-order chi connectivity index (χ0) is 23.9. The summed E-state index contributed by atoms with van der Waals surface area (Å²) in [7, 11) is 1.25. The van der Waals surface area contributed by atoms with Crippen LogP contribution in [0.5, 0.6) is 0 Å². The summed E-state index contributed by atoms with van der Waals surface area (Å²) in [4.78, 5) is 28.9. The Morgan fingerprint density at radius 2 is 1.91 bits per heavy atom. The molecule has 170 valence electrons. The summed E-state index contributed by atoms with van der Waals surface area (Å²) >= 11 is 5.98. The average Bonchev–Trinajstić information content (AvgIpc) is 3.49. The zero-order valence-electron chi connectivity index (χ0n) is 18.1. The number of benzene rings is 2. The topological polar surface area (TPSA) is 95.6 Å². The van der Waals surface area contributed by atoms with Crippen molar-refractivity contribution in [2.75, 3.05) is 12.4 Å². The quantitative estimate of drug-likeness (QED) is 0.549. The molecule has 0 radical (unpaired) electrons. The number of furan rings is 1. The number of halogens is 1. The van der Waals surface area contributed by atoms with E-state index in [-0.39, 0.29) is 0 Å². The van der Waals surface area contributed by atoms with E-state index in [1.807, 2.05) is 30.3 Å². The maximum absolute atomic E-state index is 13.8. The molecule has 8 heteroatoms. The SMILES string of the molecule is COC(=O)[C@@]1(C#N)C2c3ccccc3C=CN2[C@H](C(=O)Nc2ccc(Cl)cc2)[C@H]1c1ccco1. The van der Waals surface area contributed by atoms with Crippen molar-refractivity contribution < 1.29 is 18.7 Å². The molecule has 1 amide bonds. The zero-order valence-corrected chi connectivity index (χ0v) is 18.9. The van der Waals surface area contributed by atoms with Crippen LogP contribution in [0.25, 0.3) is 6.08 Å². The Bertz CT molecular complexity index is 1310. The van der Waals surface area contributed by atoms with Gasteiger partial charge in [-0.05, 0) is 53.6 Å². The van der Waals surface area contributed by atoms with Gasteiger partial charge in [0.05, 0.1) is 31.4 Å². The maximum Gasteiger partial charge on any atom is 0.329 e. The number of amides is 1. The molecule has 3 heterocycles. The second-order valence-corrected chi connectivity index (χ2v) is 8.64. The van der Waals surface area contributed by atoms with Gasteiger partial charge in [-0.3, -0.25) is 9.59 Å². The summed E-state index contributed by atoms with van der Waals surface area (Å²) in [6, 6.07) is 18.1. The predicted octanol–water partition coefficient (Wildman–Crippen LogP) is 4.75. The number of fused-ring (bicyclic) bond motifs is 3. The first-order chi connectivity index (χ1) is 16.5. The van der Waals surface area contributed by atoms with Gasteiger partial charge in [0, 0.05) is 16.9 Å². The van der Waals surface area contributed by atoms with Gasteiger partial charge in [0.15, 0.2) is 5.41 Å². The number of rotatable bonds is 4. The molecule has 4 atom stereocenters. The van der Waals surface area contributed by atoms with E-state index in [1.54, 1.807) is 47.5 Å². The summed E-state index contributed by atoms with van der Waals surface area (Å²) in [5, 5.41) is 14.0. The predicted molar refractivity (Wildman–Crippen MR) is 125 cm³/mol. The van der Waals surface area contributed by atoms with Crippen molar-refractivity contribution in [3.05, 3.63) is 95.0 Å². The first kappa shape index (κ1) is 21.8. The van der Waals surface area contributed by atoms with Gasteiger partial charge in [-0.25, -0.2) is 0 Å². The fourth-order valence-corrected chi connectivity index (χ4v) is 5.24. The minimum atomic E-state index is -1.74. The molecule has 5 rings (SSSR count). The van der Waals surface area contributed by atoms with E-state index in [0.29, 0.717) is 16.5 Å². The van der Waals surface area contributed by atoms with E-state index in [4.69, 9.17) is 20.8 Å². The molecule has 1 aromatic heterocycles. The van der Waals surface area contributed by atoms with Gasteiger partial charge in [0.1, 0.15) is 11.8 Å². The lowest BCUT2D eigenvalue weighted by atomic mass is 9.68. The van der Waals surface area contributed by atoms with Crippen molar-refractivity contribution in [2.45, 2.75) is 18.0 Å². The van der Waals surface area contributed by atoms with Crippen molar-refractivity contribution in [3.8, 4) is 6.07 Å². The van der Waals surface area contributed by atoms with Gasteiger partial charge in [0.25, 0.3) is 0 Å². The van der Waals surface area contributed by atoms with E-state index < -0.39 is 35.3 Å². The van der Waals surface area contributed by atoms with Gasteiger partial charge in [-0.15, -0.1) is 0 Å². The molecule has 34 heavy (non-hydrogen) atoms. The smallest absolute Gasteiger partial charge is 0.329 e. The molecule has 0 aliphatic carbocycles. The number of ether oxygens (including phenoxy) is 1. The summed E-state index contributed by atoms with van der Waals surface area (Å²) in [5.74, 6) is -1.70. The lowest BCUT2D eigenvalue weighted by Gasteiger charge is -2.35. The number of anilines is 1. The van der Waals surface area contributed by atoms with E-state index in [1.165, 1.54) is 13.4 Å². The number of carbonyl (C=O) groups excluding carboxylic acids is 2. The molecule has 1 saturated heterocycles. The molecule has 2 aliphatic heterocycles. The number of methoxy groups -OCH3 is 1. The minimum absolute atomic E-state index is 0.350. The number of esters is 1. The van der Waals surface area contributed by atoms with Crippen LogP contribution in [0.3, 0.4) is 0 Å². The fourth-order valence-electron chi connectivity index (χ4n) is 5.12. The number of carbonyl (C=O) groups is 2. The molecular formula is C26H20ClN3O4. The Labute approximate surface area is 201 Å². The van der Waals surface area contributed by atoms with Crippen LogP contribution in [0.2, 0.25) is 5.02 Å². The maximum atomic E-state index is 13.8. The Morgan fingerprint density at radius 1 is 1.15 bits per heavy atom. The first-order valence-corrected chi connectivity index (χ1v) is 11.0. The van der Waals surface area contributed by atoms with Crippen LogP contribution in [0, 0.1) is 16.7 Å². The van der Waals surface area contributed by atoms with Crippen LogP contribution in [0.4, 0.5) is 5.69 Å². The molecular weight excluding hydrogens is 454 g/mol.